The Morgan fingerprint density at radius 3 is 1.62 bits per heavy atom. The first kappa shape index (κ1) is 15.8. The highest BCUT2D eigenvalue weighted by Gasteiger charge is 2.30. The maximum Gasteiger partial charge on any atom is 0.282 e. The Morgan fingerprint density at radius 2 is 1.38 bits per heavy atom. The van der Waals surface area contributed by atoms with Gasteiger partial charge in [0.1, 0.15) is 0 Å². The van der Waals surface area contributed by atoms with Crippen LogP contribution in [0.2, 0.25) is 0 Å². The summed E-state index contributed by atoms with van der Waals surface area (Å²) in [5.41, 5.74) is -1.02. The van der Waals surface area contributed by atoms with Gasteiger partial charge in [-0.25, -0.2) is 0 Å². The van der Waals surface area contributed by atoms with Crippen molar-refractivity contribution in [2.75, 3.05) is 26.2 Å². The van der Waals surface area contributed by atoms with Gasteiger partial charge in [0.05, 0.1) is 5.60 Å². The molecule has 0 spiro atoms. The van der Waals surface area contributed by atoms with E-state index in [0.717, 1.165) is 0 Å². The predicted octanol–water partition coefficient (Wildman–Crippen LogP) is 0.666. The molecule has 0 aromatic heterocycles. The van der Waals surface area contributed by atoms with Gasteiger partial charge in [-0.05, 0) is 13.8 Å². The van der Waals surface area contributed by atoms with Crippen molar-refractivity contribution >= 4 is 10.2 Å². The lowest BCUT2D eigenvalue weighted by Crippen LogP contribution is -2.48. The van der Waals surface area contributed by atoms with E-state index in [9.17, 15) is 13.5 Å². The van der Waals surface area contributed by atoms with E-state index in [1.807, 2.05) is 0 Å². The average molecular weight is 252 g/mol. The van der Waals surface area contributed by atoms with E-state index in [1.54, 1.807) is 34.6 Å². The van der Waals surface area contributed by atoms with Crippen molar-refractivity contribution in [3.63, 3.8) is 0 Å². The van der Waals surface area contributed by atoms with Gasteiger partial charge in [-0.2, -0.15) is 17.0 Å². The molecule has 5 nitrogen and oxygen atoms in total. The van der Waals surface area contributed by atoms with Crippen molar-refractivity contribution in [3.05, 3.63) is 0 Å². The summed E-state index contributed by atoms with van der Waals surface area (Å²) in [6, 6.07) is 0. The highest BCUT2D eigenvalue weighted by molar-refractivity contribution is 7.86. The molecule has 0 saturated heterocycles. The Kier molecular flexibility index (Phi) is 5.89. The zero-order valence-electron chi connectivity index (χ0n) is 10.9. The number of rotatable bonds is 7. The zero-order valence-corrected chi connectivity index (χ0v) is 11.7. The number of hydrogen-bond donors (Lipinski definition) is 1. The molecule has 0 atom stereocenters. The van der Waals surface area contributed by atoms with Crippen LogP contribution in [-0.4, -0.2) is 53.9 Å². The Morgan fingerprint density at radius 1 is 1.00 bits per heavy atom. The third-order valence-corrected chi connectivity index (χ3v) is 4.48. The van der Waals surface area contributed by atoms with E-state index in [0.29, 0.717) is 19.6 Å². The molecule has 0 saturated carbocycles. The minimum atomic E-state index is -3.44. The van der Waals surface area contributed by atoms with Crippen LogP contribution in [0.15, 0.2) is 0 Å². The lowest BCUT2D eigenvalue weighted by molar-refractivity contribution is 0.0586. The number of aliphatic hydroxyl groups is 1. The second kappa shape index (κ2) is 5.95. The molecule has 1 N–H and O–H groups in total. The summed E-state index contributed by atoms with van der Waals surface area (Å²) < 4.78 is 27.0. The lowest BCUT2D eigenvalue weighted by atomic mass is 10.1. The van der Waals surface area contributed by atoms with Gasteiger partial charge >= 0.3 is 0 Å². The van der Waals surface area contributed by atoms with Gasteiger partial charge in [-0.1, -0.05) is 20.8 Å². The molecule has 0 radical (unpaired) electrons. The maximum absolute atomic E-state index is 12.1. The zero-order chi connectivity index (χ0) is 13.0. The molecule has 16 heavy (non-hydrogen) atoms. The summed E-state index contributed by atoms with van der Waals surface area (Å²) >= 11 is 0. The summed E-state index contributed by atoms with van der Waals surface area (Å²) in [5, 5.41) is 9.69. The van der Waals surface area contributed by atoms with Gasteiger partial charge in [0, 0.05) is 26.2 Å². The number of hydrogen-bond acceptors (Lipinski definition) is 3. The molecule has 0 aromatic carbocycles. The van der Waals surface area contributed by atoms with Crippen molar-refractivity contribution in [1.82, 2.24) is 8.61 Å². The molecular formula is C10H24N2O3S. The van der Waals surface area contributed by atoms with Crippen LogP contribution in [-0.2, 0) is 10.2 Å². The average Bonchev–Trinajstić information content (AvgIpc) is 2.14. The minimum Gasteiger partial charge on any atom is -0.389 e. The van der Waals surface area contributed by atoms with Crippen LogP contribution < -0.4 is 0 Å². The summed E-state index contributed by atoms with van der Waals surface area (Å²) in [7, 11) is -3.44. The van der Waals surface area contributed by atoms with Crippen LogP contribution in [0.25, 0.3) is 0 Å². The van der Waals surface area contributed by atoms with Gasteiger partial charge in [0.2, 0.25) is 0 Å². The van der Waals surface area contributed by atoms with Gasteiger partial charge in [-0.3, -0.25) is 0 Å². The van der Waals surface area contributed by atoms with Crippen molar-refractivity contribution in [2.45, 2.75) is 40.2 Å². The van der Waals surface area contributed by atoms with Crippen LogP contribution in [0.1, 0.15) is 34.6 Å². The number of nitrogens with zero attached hydrogens (tertiary/aromatic N) is 2. The first-order valence-corrected chi connectivity index (χ1v) is 7.06. The molecule has 0 rings (SSSR count). The Bertz CT molecular complexity index is 292. The van der Waals surface area contributed by atoms with E-state index in [1.165, 1.54) is 8.61 Å². The SMILES string of the molecule is CCN(CC)S(=O)(=O)N(CC)CC(C)(C)O. The Balaban J connectivity index is 4.94. The molecule has 0 aliphatic carbocycles. The van der Waals surface area contributed by atoms with Crippen molar-refractivity contribution in [2.24, 2.45) is 0 Å². The standard InChI is InChI=1S/C10H24N2O3S/c1-6-11(7-2)16(14,15)12(8-3)9-10(4,5)13/h13H,6-9H2,1-5H3. The van der Waals surface area contributed by atoms with E-state index in [-0.39, 0.29) is 6.54 Å². The molecule has 0 fully saturated rings. The molecule has 0 amide bonds. The summed E-state index contributed by atoms with van der Waals surface area (Å²) in [4.78, 5) is 0. The highest BCUT2D eigenvalue weighted by atomic mass is 32.2. The van der Waals surface area contributed by atoms with E-state index in [2.05, 4.69) is 0 Å². The fourth-order valence-electron chi connectivity index (χ4n) is 1.50. The van der Waals surface area contributed by atoms with Crippen LogP contribution in [0.3, 0.4) is 0 Å². The van der Waals surface area contributed by atoms with Gasteiger partial charge in [-0.15, -0.1) is 0 Å². The molecule has 6 heteroatoms. The van der Waals surface area contributed by atoms with Gasteiger partial charge < -0.3 is 5.11 Å². The fraction of sp³-hybridized carbons (Fsp3) is 1.00. The molecule has 98 valence electrons. The molecule has 0 bridgehead atoms. The van der Waals surface area contributed by atoms with Crippen LogP contribution in [0, 0.1) is 0 Å². The third kappa shape index (κ3) is 4.37. The highest BCUT2D eigenvalue weighted by Crippen LogP contribution is 2.12. The summed E-state index contributed by atoms with van der Waals surface area (Å²) in [6.45, 7) is 9.96. The van der Waals surface area contributed by atoms with Gasteiger partial charge in [0.15, 0.2) is 0 Å². The number of likely N-dealkylation sites (N-methyl/N-ethyl adjacent to an activating group) is 1. The van der Waals surface area contributed by atoms with Gasteiger partial charge in [0.25, 0.3) is 10.2 Å². The van der Waals surface area contributed by atoms with Crippen molar-refractivity contribution < 1.29 is 13.5 Å². The molecule has 0 aromatic rings. The van der Waals surface area contributed by atoms with E-state index >= 15 is 0 Å². The molecule has 0 aliphatic heterocycles. The Labute approximate surface area is 99.2 Å². The summed E-state index contributed by atoms with van der Waals surface area (Å²) in [6.07, 6.45) is 0. The van der Waals surface area contributed by atoms with Crippen LogP contribution >= 0.6 is 0 Å². The molecule has 0 aliphatic rings. The fourth-order valence-corrected chi connectivity index (χ4v) is 3.29. The smallest absolute Gasteiger partial charge is 0.282 e. The van der Waals surface area contributed by atoms with Crippen LogP contribution in [0.4, 0.5) is 0 Å². The Hall–Kier alpha value is -0.170. The third-order valence-electron chi connectivity index (χ3n) is 2.27. The first-order valence-electron chi connectivity index (χ1n) is 5.66. The van der Waals surface area contributed by atoms with E-state index < -0.39 is 15.8 Å². The summed E-state index contributed by atoms with van der Waals surface area (Å²) in [5.74, 6) is 0. The predicted molar refractivity (Wildman–Crippen MR) is 65.4 cm³/mol. The normalized spacial score (nSPS) is 13.8. The largest absolute Gasteiger partial charge is 0.389 e. The molecule has 0 heterocycles. The van der Waals surface area contributed by atoms with Crippen LogP contribution in [0.5, 0.6) is 0 Å². The second-order valence-corrected chi connectivity index (χ2v) is 6.26. The minimum absolute atomic E-state index is 0.113. The van der Waals surface area contributed by atoms with E-state index in [4.69, 9.17) is 0 Å². The van der Waals surface area contributed by atoms with Crippen molar-refractivity contribution in [3.8, 4) is 0 Å². The second-order valence-electron chi connectivity index (χ2n) is 4.33. The first-order chi connectivity index (χ1) is 7.19. The quantitative estimate of drug-likeness (QED) is 0.724. The molecular weight excluding hydrogens is 228 g/mol. The van der Waals surface area contributed by atoms with Crippen molar-refractivity contribution in [1.29, 1.82) is 0 Å². The maximum atomic E-state index is 12.1. The molecule has 0 unspecified atom stereocenters. The lowest BCUT2D eigenvalue weighted by Gasteiger charge is -2.31. The topological polar surface area (TPSA) is 60.9 Å². The monoisotopic (exact) mass is 252 g/mol.